The van der Waals surface area contributed by atoms with Crippen molar-refractivity contribution in [3.63, 3.8) is 0 Å². The summed E-state index contributed by atoms with van der Waals surface area (Å²) in [6.45, 7) is 0. The first-order valence-corrected chi connectivity index (χ1v) is 7.39. The van der Waals surface area contributed by atoms with Crippen molar-refractivity contribution in [3.05, 3.63) is 28.8 Å². The van der Waals surface area contributed by atoms with Crippen LogP contribution in [0.25, 0.3) is 0 Å². The molecule has 0 fully saturated rings. The minimum atomic E-state index is -5.82. The van der Waals surface area contributed by atoms with Crippen molar-refractivity contribution in [3.8, 4) is 5.75 Å². The Morgan fingerprint density at radius 2 is 1.95 bits per heavy atom. The van der Waals surface area contributed by atoms with Gasteiger partial charge in [0.25, 0.3) is 0 Å². The van der Waals surface area contributed by atoms with Crippen LogP contribution in [0.15, 0.2) is 12.1 Å². The second-order valence-corrected chi connectivity index (χ2v) is 6.13. The van der Waals surface area contributed by atoms with Crippen LogP contribution in [0.1, 0.15) is 23.1 Å². The molecule has 0 amide bonds. The lowest BCUT2D eigenvalue weighted by molar-refractivity contribution is -0.136. The maximum absolute atomic E-state index is 12.4. The molecular weight excluding hydrogens is 313 g/mol. The fourth-order valence-electron chi connectivity index (χ4n) is 2.31. The van der Waals surface area contributed by atoms with Crippen LogP contribution >= 0.6 is 0 Å². The molecule has 116 valence electrons. The van der Waals surface area contributed by atoms with Gasteiger partial charge in [0.2, 0.25) is 0 Å². The summed E-state index contributed by atoms with van der Waals surface area (Å²) in [5.74, 6) is -1.85. The third-order valence-electron chi connectivity index (χ3n) is 3.17. The number of rotatable bonds is 4. The highest BCUT2D eigenvalue weighted by atomic mass is 32.2. The van der Waals surface area contributed by atoms with Crippen molar-refractivity contribution in [1.29, 1.82) is 0 Å². The number of benzene rings is 1. The second kappa shape index (κ2) is 5.21. The molecule has 0 aliphatic heterocycles. The Balaban J connectivity index is 2.47. The minimum absolute atomic E-state index is 0.00896. The van der Waals surface area contributed by atoms with E-state index in [-0.39, 0.29) is 5.56 Å². The zero-order chi connectivity index (χ0) is 15.8. The van der Waals surface area contributed by atoms with E-state index in [1.165, 1.54) is 6.07 Å². The Morgan fingerprint density at radius 1 is 1.29 bits per heavy atom. The molecule has 0 saturated heterocycles. The van der Waals surface area contributed by atoms with E-state index in [4.69, 9.17) is 5.11 Å². The van der Waals surface area contributed by atoms with Crippen LogP contribution in [-0.2, 0) is 34.2 Å². The number of aryl methyl sites for hydroxylation is 1. The second-order valence-electron chi connectivity index (χ2n) is 4.59. The maximum Gasteiger partial charge on any atom is 0.534 e. The van der Waals surface area contributed by atoms with Crippen molar-refractivity contribution in [2.75, 3.05) is 0 Å². The molecule has 0 spiro atoms. The molecule has 1 N–H and O–H groups in total. The minimum Gasteiger partial charge on any atom is -0.481 e. The van der Waals surface area contributed by atoms with Crippen LogP contribution in [0.3, 0.4) is 0 Å². The van der Waals surface area contributed by atoms with Gasteiger partial charge in [-0.2, -0.15) is 21.6 Å². The molecule has 0 heterocycles. The van der Waals surface area contributed by atoms with E-state index in [1.54, 1.807) is 0 Å². The summed E-state index contributed by atoms with van der Waals surface area (Å²) in [7, 11) is -5.82. The van der Waals surface area contributed by atoms with Crippen LogP contribution in [-0.4, -0.2) is 25.0 Å². The molecule has 1 aliphatic rings. The van der Waals surface area contributed by atoms with Crippen LogP contribution in [0.5, 0.6) is 5.75 Å². The van der Waals surface area contributed by atoms with Crippen molar-refractivity contribution in [1.82, 2.24) is 0 Å². The number of halogens is 3. The molecule has 5 nitrogen and oxygen atoms in total. The molecule has 0 bridgehead atoms. The molecular formula is C12H11F3O5S. The number of carbonyl (C=O) groups is 1. The summed E-state index contributed by atoms with van der Waals surface area (Å²) >= 11 is 0. The highest BCUT2D eigenvalue weighted by molar-refractivity contribution is 7.88. The Labute approximate surface area is 118 Å². The van der Waals surface area contributed by atoms with E-state index in [2.05, 4.69) is 4.18 Å². The van der Waals surface area contributed by atoms with Gasteiger partial charge in [0, 0.05) is 5.56 Å². The van der Waals surface area contributed by atoms with Crippen LogP contribution in [0.4, 0.5) is 13.2 Å². The third kappa shape index (κ3) is 3.12. The molecule has 0 atom stereocenters. The molecule has 1 aromatic rings. The lowest BCUT2D eigenvalue weighted by Crippen LogP contribution is -2.28. The van der Waals surface area contributed by atoms with Gasteiger partial charge in [-0.15, -0.1) is 0 Å². The quantitative estimate of drug-likeness (QED) is 0.677. The van der Waals surface area contributed by atoms with Gasteiger partial charge < -0.3 is 9.29 Å². The standard InChI is InChI=1S/C12H11F3O5S/c13-12(14,15)21(18,19)20-10-5-4-7-2-1-3-8(7)9(10)6-11(16)17/h4-5H,1-3,6H2,(H,16,17). The van der Waals surface area contributed by atoms with Gasteiger partial charge in [-0.05, 0) is 36.5 Å². The van der Waals surface area contributed by atoms with Crippen LogP contribution in [0.2, 0.25) is 0 Å². The van der Waals surface area contributed by atoms with E-state index in [0.29, 0.717) is 18.4 Å². The fraction of sp³-hybridized carbons (Fsp3) is 0.417. The highest BCUT2D eigenvalue weighted by Gasteiger charge is 2.49. The average molecular weight is 324 g/mol. The number of hydrogen-bond acceptors (Lipinski definition) is 4. The largest absolute Gasteiger partial charge is 0.534 e. The SMILES string of the molecule is O=C(O)Cc1c(OS(=O)(=O)C(F)(F)F)ccc2c1CCC2. The van der Waals surface area contributed by atoms with Gasteiger partial charge in [0.15, 0.2) is 0 Å². The lowest BCUT2D eigenvalue weighted by Gasteiger charge is -2.15. The zero-order valence-electron chi connectivity index (χ0n) is 10.6. The normalized spacial score (nSPS) is 14.8. The number of carboxylic acid groups (broad SMARTS) is 1. The summed E-state index contributed by atoms with van der Waals surface area (Å²) in [4.78, 5) is 10.9. The first-order chi connectivity index (χ1) is 9.62. The number of fused-ring (bicyclic) bond motifs is 1. The summed E-state index contributed by atoms with van der Waals surface area (Å²) in [5, 5.41) is 8.85. The average Bonchev–Trinajstić information content (AvgIpc) is 2.78. The smallest absolute Gasteiger partial charge is 0.481 e. The predicted octanol–water partition coefficient (Wildman–Crippen LogP) is 2.03. The summed E-state index contributed by atoms with van der Waals surface area (Å²) in [6, 6.07) is 2.54. The molecule has 0 saturated carbocycles. The van der Waals surface area contributed by atoms with Gasteiger partial charge in [0.1, 0.15) is 5.75 Å². The molecule has 2 rings (SSSR count). The number of aliphatic carboxylic acids is 1. The summed E-state index contributed by atoms with van der Waals surface area (Å²) in [5.41, 5.74) is -4.20. The Morgan fingerprint density at radius 3 is 2.52 bits per heavy atom. The Hall–Kier alpha value is -1.77. The van der Waals surface area contributed by atoms with Gasteiger partial charge >= 0.3 is 21.6 Å². The van der Waals surface area contributed by atoms with Gasteiger partial charge in [0.05, 0.1) is 6.42 Å². The lowest BCUT2D eigenvalue weighted by atomic mass is 10.00. The van der Waals surface area contributed by atoms with Gasteiger partial charge in [-0.3, -0.25) is 4.79 Å². The molecule has 21 heavy (non-hydrogen) atoms. The van der Waals surface area contributed by atoms with Crippen LogP contribution < -0.4 is 4.18 Å². The van der Waals surface area contributed by atoms with Crippen molar-refractivity contribution in [2.45, 2.75) is 31.2 Å². The van der Waals surface area contributed by atoms with E-state index < -0.39 is 33.8 Å². The first-order valence-electron chi connectivity index (χ1n) is 5.98. The molecule has 1 aliphatic carbocycles. The predicted molar refractivity (Wildman–Crippen MR) is 65.4 cm³/mol. The Kier molecular flexibility index (Phi) is 3.87. The topological polar surface area (TPSA) is 80.7 Å². The molecule has 1 aromatic carbocycles. The van der Waals surface area contributed by atoms with E-state index in [9.17, 15) is 26.4 Å². The van der Waals surface area contributed by atoms with E-state index in [1.807, 2.05) is 0 Å². The summed E-state index contributed by atoms with van der Waals surface area (Å²) in [6.07, 6.45) is 1.30. The maximum atomic E-state index is 12.4. The zero-order valence-corrected chi connectivity index (χ0v) is 11.4. The molecule has 0 radical (unpaired) electrons. The highest BCUT2D eigenvalue weighted by Crippen LogP contribution is 2.35. The van der Waals surface area contributed by atoms with Gasteiger partial charge in [-0.25, -0.2) is 0 Å². The number of carboxylic acids is 1. The summed E-state index contributed by atoms with van der Waals surface area (Å²) < 4.78 is 63.3. The molecule has 0 aromatic heterocycles. The van der Waals surface area contributed by atoms with Crippen molar-refractivity contribution >= 4 is 16.1 Å². The molecule has 0 unspecified atom stereocenters. The Bertz CT molecular complexity index is 679. The first kappa shape index (κ1) is 15.6. The fourth-order valence-corrected chi connectivity index (χ4v) is 2.80. The third-order valence-corrected chi connectivity index (χ3v) is 4.13. The molecule has 9 heteroatoms. The van der Waals surface area contributed by atoms with Crippen molar-refractivity contribution in [2.24, 2.45) is 0 Å². The number of alkyl halides is 3. The van der Waals surface area contributed by atoms with Crippen molar-refractivity contribution < 1.29 is 35.7 Å². The monoisotopic (exact) mass is 324 g/mol. The van der Waals surface area contributed by atoms with Gasteiger partial charge in [-0.1, -0.05) is 6.07 Å². The van der Waals surface area contributed by atoms with Crippen LogP contribution in [0, 0.1) is 0 Å². The van der Waals surface area contributed by atoms with E-state index in [0.717, 1.165) is 18.1 Å². The number of hydrogen-bond donors (Lipinski definition) is 1. The van der Waals surface area contributed by atoms with E-state index >= 15 is 0 Å².